The Balaban J connectivity index is 1.51. The van der Waals surface area contributed by atoms with Gasteiger partial charge in [0.25, 0.3) is 0 Å². The molecule has 5 heteroatoms. The van der Waals surface area contributed by atoms with Gasteiger partial charge in [0.05, 0.1) is 18.2 Å². The normalized spacial score (nSPS) is 21.1. The third-order valence-electron chi connectivity index (χ3n) is 5.57. The zero-order valence-electron chi connectivity index (χ0n) is 15.9. The number of hydrogen-bond acceptors (Lipinski definition) is 3. The lowest BCUT2D eigenvalue weighted by Crippen LogP contribution is -2.51. The Bertz CT molecular complexity index is 881. The number of benzene rings is 2. The van der Waals surface area contributed by atoms with Gasteiger partial charge >= 0.3 is 6.09 Å². The molecule has 2 bridgehead atoms. The fraction of sp³-hybridized carbons (Fsp3) is 0.348. The van der Waals surface area contributed by atoms with Gasteiger partial charge in [-0.05, 0) is 54.5 Å². The number of methoxy groups -OCH3 is 1. The van der Waals surface area contributed by atoms with Gasteiger partial charge in [-0.2, -0.15) is 0 Å². The predicted octanol–water partition coefficient (Wildman–Crippen LogP) is 5.70. The van der Waals surface area contributed by atoms with Crippen LogP contribution in [0.4, 0.5) is 4.79 Å². The number of nitrogens with zero attached hydrogens (tertiary/aromatic N) is 1. The number of fused-ring (bicyclic) bond motifs is 2. The van der Waals surface area contributed by atoms with E-state index in [0.29, 0.717) is 17.4 Å². The topological polar surface area (TPSA) is 38.8 Å². The summed E-state index contributed by atoms with van der Waals surface area (Å²) in [7, 11) is 1.62. The Morgan fingerprint density at radius 3 is 2.75 bits per heavy atom. The van der Waals surface area contributed by atoms with Crippen molar-refractivity contribution in [3.8, 4) is 5.75 Å². The maximum atomic E-state index is 12.8. The number of ether oxygens (including phenoxy) is 2. The van der Waals surface area contributed by atoms with Crippen molar-refractivity contribution in [3.63, 3.8) is 0 Å². The first-order valence-electron chi connectivity index (χ1n) is 9.69. The Morgan fingerprint density at radius 2 is 2.00 bits per heavy atom. The molecule has 2 aliphatic heterocycles. The minimum absolute atomic E-state index is 0.0763. The minimum Gasteiger partial charge on any atom is -0.495 e. The molecule has 4 nitrogen and oxygen atoms in total. The summed E-state index contributed by atoms with van der Waals surface area (Å²) in [5, 5.41) is 0.606. The zero-order chi connectivity index (χ0) is 19.5. The summed E-state index contributed by atoms with van der Waals surface area (Å²) in [6, 6.07) is 15.9. The molecule has 2 atom stereocenters. The molecule has 2 aromatic carbocycles. The highest BCUT2D eigenvalue weighted by atomic mass is 35.5. The molecule has 146 valence electrons. The highest BCUT2D eigenvalue weighted by Gasteiger charge is 2.38. The number of carbonyl (C=O) groups excluding carboxylic acids is 1. The molecule has 0 saturated carbocycles. The summed E-state index contributed by atoms with van der Waals surface area (Å²) in [5.41, 5.74) is 3.36. The number of rotatable bonds is 4. The summed E-state index contributed by atoms with van der Waals surface area (Å²) < 4.78 is 11.0. The second-order valence-corrected chi connectivity index (χ2v) is 7.75. The third-order valence-corrected chi connectivity index (χ3v) is 5.89. The van der Waals surface area contributed by atoms with E-state index in [9.17, 15) is 4.79 Å². The molecule has 1 fully saturated rings. The molecule has 2 aromatic rings. The van der Waals surface area contributed by atoms with Gasteiger partial charge in [0, 0.05) is 6.04 Å². The van der Waals surface area contributed by atoms with Crippen molar-refractivity contribution >= 4 is 23.3 Å². The molecule has 1 saturated heterocycles. The number of hydrogen-bond donors (Lipinski definition) is 0. The van der Waals surface area contributed by atoms with Crippen molar-refractivity contribution in [3.05, 3.63) is 70.8 Å². The second kappa shape index (κ2) is 8.27. The van der Waals surface area contributed by atoms with E-state index in [1.165, 1.54) is 5.57 Å². The molecule has 0 aliphatic carbocycles. The van der Waals surface area contributed by atoms with Crippen LogP contribution in [0.15, 0.2) is 54.6 Å². The van der Waals surface area contributed by atoms with E-state index in [4.69, 9.17) is 21.1 Å². The maximum absolute atomic E-state index is 12.8. The van der Waals surface area contributed by atoms with E-state index in [-0.39, 0.29) is 18.2 Å². The minimum atomic E-state index is -0.220. The molecule has 0 radical (unpaired) electrons. The number of piperidine rings is 1. The molecular weight excluding hydrogens is 374 g/mol. The van der Waals surface area contributed by atoms with Crippen LogP contribution in [0.25, 0.3) is 5.57 Å². The fourth-order valence-corrected chi connectivity index (χ4v) is 4.38. The molecule has 0 aromatic heterocycles. The molecule has 4 rings (SSSR count). The molecule has 2 heterocycles. The maximum Gasteiger partial charge on any atom is 0.410 e. The Kier molecular flexibility index (Phi) is 5.58. The molecule has 2 aliphatic rings. The average molecular weight is 398 g/mol. The lowest BCUT2D eigenvalue weighted by Gasteiger charge is -2.44. The summed E-state index contributed by atoms with van der Waals surface area (Å²) in [6.07, 6.45) is 5.90. The van der Waals surface area contributed by atoms with E-state index in [1.807, 2.05) is 53.4 Å². The van der Waals surface area contributed by atoms with E-state index in [1.54, 1.807) is 7.11 Å². The van der Waals surface area contributed by atoms with E-state index >= 15 is 0 Å². The molecule has 2 unspecified atom stereocenters. The molecule has 0 N–H and O–H groups in total. The monoisotopic (exact) mass is 397 g/mol. The number of halogens is 1. The summed E-state index contributed by atoms with van der Waals surface area (Å²) in [6.45, 7) is 0.306. The van der Waals surface area contributed by atoms with Crippen LogP contribution < -0.4 is 4.74 Å². The van der Waals surface area contributed by atoms with E-state index < -0.39 is 0 Å². The highest BCUT2D eigenvalue weighted by Crippen LogP contribution is 2.39. The Hall–Kier alpha value is -2.46. The van der Waals surface area contributed by atoms with Gasteiger partial charge < -0.3 is 9.47 Å². The first-order valence-corrected chi connectivity index (χ1v) is 10.1. The second-order valence-electron chi connectivity index (χ2n) is 7.34. The van der Waals surface area contributed by atoms with Crippen molar-refractivity contribution in [1.82, 2.24) is 4.90 Å². The Morgan fingerprint density at radius 1 is 1.18 bits per heavy atom. The SMILES string of the molecule is COc1cc(C2=CC3CCCC(C2)N3C(=O)OCc2ccccc2)ccc1Cl. The quantitative estimate of drug-likeness (QED) is 0.664. The molecular formula is C23H24ClNO3. The van der Waals surface area contributed by atoms with Crippen LogP contribution in [0, 0.1) is 0 Å². The van der Waals surface area contributed by atoms with Crippen molar-refractivity contribution in [2.75, 3.05) is 7.11 Å². The average Bonchev–Trinajstić information content (AvgIpc) is 2.72. The van der Waals surface area contributed by atoms with Crippen LogP contribution in [-0.4, -0.2) is 30.2 Å². The van der Waals surface area contributed by atoms with Crippen LogP contribution in [0.5, 0.6) is 5.75 Å². The van der Waals surface area contributed by atoms with E-state index in [2.05, 4.69) is 6.08 Å². The van der Waals surface area contributed by atoms with E-state index in [0.717, 1.165) is 36.8 Å². The first-order chi connectivity index (χ1) is 13.7. The first kappa shape index (κ1) is 18.9. The summed E-state index contributed by atoms with van der Waals surface area (Å²) in [5.74, 6) is 0.676. The third kappa shape index (κ3) is 3.88. The van der Waals surface area contributed by atoms with Gasteiger partial charge in [0.15, 0.2) is 0 Å². The van der Waals surface area contributed by atoms with Crippen LogP contribution in [-0.2, 0) is 11.3 Å². The molecule has 1 amide bonds. The predicted molar refractivity (Wildman–Crippen MR) is 110 cm³/mol. The summed E-state index contributed by atoms with van der Waals surface area (Å²) >= 11 is 6.17. The van der Waals surface area contributed by atoms with Gasteiger partial charge in [0.1, 0.15) is 12.4 Å². The van der Waals surface area contributed by atoms with Crippen molar-refractivity contribution in [2.45, 2.75) is 44.4 Å². The zero-order valence-corrected chi connectivity index (χ0v) is 16.7. The van der Waals surface area contributed by atoms with Gasteiger partial charge in [0.2, 0.25) is 0 Å². The number of amides is 1. The smallest absolute Gasteiger partial charge is 0.410 e. The van der Waals surface area contributed by atoms with Gasteiger partial charge in [-0.25, -0.2) is 4.79 Å². The van der Waals surface area contributed by atoms with Crippen LogP contribution in [0.1, 0.15) is 36.8 Å². The lowest BCUT2D eigenvalue weighted by atomic mass is 9.83. The molecule has 28 heavy (non-hydrogen) atoms. The van der Waals surface area contributed by atoms with Crippen molar-refractivity contribution in [1.29, 1.82) is 0 Å². The standard InChI is InChI=1S/C23H24ClNO3/c1-27-22-14-17(10-11-21(22)24)18-12-19-8-5-9-20(13-18)25(19)23(26)28-15-16-6-3-2-4-7-16/h2-4,6-7,10-12,14,19-20H,5,8-9,13,15H2,1H3. The van der Waals surface area contributed by atoms with Gasteiger partial charge in [-0.3, -0.25) is 4.90 Å². The van der Waals surface area contributed by atoms with Gasteiger partial charge in [-0.15, -0.1) is 0 Å². The number of carbonyl (C=O) groups is 1. The highest BCUT2D eigenvalue weighted by molar-refractivity contribution is 6.32. The van der Waals surface area contributed by atoms with Gasteiger partial charge in [-0.1, -0.05) is 54.1 Å². The Labute approximate surface area is 170 Å². The lowest BCUT2D eigenvalue weighted by molar-refractivity contribution is 0.0510. The van der Waals surface area contributed by atoms with Crippen LogP contribution in [0.2, 0.25) is 5.02 Å². The molecule has 0 spiro atoms. The van der Waals surface area contributed by atoms with Crippen LogP contribution >= 0.6 is 11.6 Å². The van der Waals surface area contributed by atoms with Crippen LogP contribution in [0.3, 0.4) is 0 Å². The van der Waals surface area contributed by atoms with Crippen molar-refractivity contribution < 1.29 is 14.3 Å². The van der Waals surface area contributed by atoms with Crippen molar-refractivity contribution in [2.24, 2.45) is 0 Å². The largest absolute Gasteiger partial charge is 0.495 e. The summed E-state index contributed by atoms with van der Waals surface area (Å²) in [4.78, 5) is 14.7. The fourth-order valence-electron chi connectivity index (χ4n) is 4.18.